The van der Waals surface area contributed by atoms with Crippen LogP contribution < -0.4 is 10.0 Å². The second kappa shape index (κ2) is 7.13. The molecule has 0 radical (unpaired) electrons. The summed E-state index contributed by atoms with van der Waals surface area (Å²) in [6.45, 7) is 5.27. The van der Waals surface area contributed by atoms with Crippen molar-refractivity contribution in [3.8, 4) is 0 Å². The molecular weight excluding hydrogens is 344 g/mol. The van der Waals surface area contributed by atoms with Crippen molar-refractivity contribution >= 4 is 21.9 Å². The molecule has 1 amide bonds. The van der Waals surface area contributed by atoms with E-state index in [0.29, 0.717) is 24.0 Å². The Balaban J connectivity index is 1.97. The molecule has 7 nitrogen and oxygen atoms in total. The van der Waals surface area contributed by atoms with Crippen LogP contribution in [-0.4, -0.2) is 37.5 Å². The molecular formula is C17H24N2O5S. The maximum atomic E-state index is 12.5. The summed E-state index contributed by atoms with van der Waals surface area (Å²) in [6.07, 6.45) is 1.45. The highest BCUT2D eigenvalue weighted by atomic mass is 32.2. The standard InChI is InChI=1S/C17H24N2O5S/c1-11-9-12(2)15(13(3)10-11)25(23,24)18-8-5-14(20)19-17(16(21)22)6-4-7-17/h9-10,18H,4-8H2,1-3H3,(H,19,20)(H,21,22). The van der Waals surface area contributed by atoms with E-state index in [1.807, 2.05) is 6.92 Å². The molecule has 3 N–H and O–H groups in total. The number of aryl methyl sites for hydroxylation is 3. The van der Waals surface area contributed by atoms with Gasteiger partial charge in [-0.3, -0.25) is 4.79 Å². The van der Waals surface area contributed by atoms with E-state index in [1.165, 1.54) is 0 Å². The van der Waals surface area contributed by atoms with Crippen molar-refractivity contribution in [3.63, 3.8) is 0 Å². The molecule has 1 aromatic carbocycles. The molecule has 2 rings (SSSR count). The number of aliphatic carboxylic acids is 1. The number of carboxylic acids is 1. The van der Waals surface area contributed by atoms with Crippen LogP contribution >= 0.6 is 0 Å². The summed E-state index contributed by atoms with van der Waals surface area (Å²) >= 11 is 0. The summed E-state index contributed by atoms with van der Waals surface area (Å²) in [6, 6.07) is 3.59. The van der Waals surface area contributed by atoms with Crippen molar-refractivity contribution in [2.75, 3.05) is 6.54 Å². The van der Waals surface area contributed by atoms with Crippen LogP contribution in [0.15, 0.2) is 17.0 Å². The first-order valence-corrected chi connectivity index (χ1v) is 9.68. The number of benzene rings is 1. The van der Waals surface area contributed by atoms with Gasteiger partial charge in [-0.15, -0.1) is 0 Å². The SMILES string of the molecule is Cc1cc(C)c(S(=O)(=O)NCCC(=O)NC2(C(=O)O)CCC2)c(C)c1. The van der Waals surface area contributed by atoms with E-state index >= 15 is 0 Å². The molecule has 0 heterocycles. The van der Waals surface area contributed by atoms with E-state index in [2.05, 4.69) is 10.0 Å². The Kier molecular flexibility index (Phi) is 5.53. The van der Waals surface area contributed by atoms with Gasteiger partial charge in [-0.05, 0) is 51.2 Å². The molecule has 1 aliphatic rings. The second-order valence-corrected chi connectivity index (χ2v) is 8.37. The Morgan fingerprint density at radius 3 is 2.16 bits per heavy atom. The molecule has 8 heteroatoms. The molecule has 138 valence electrons. The van der Waals surface area contributed by atoms with Crippen LogP contribution in [0.4, 0.5) is 0 Å². The molecule has 1 aromatic rings. The molecule has 0 saturated heterocycles. The Labute approximate surface area is 147 Å². The van der Waals surface area contributed by atoms with E-state index in [4.69, 9.17) is 0 Å². The zero-order chi connectivity index (χ0) is 18.8. The first kappa shape index (κ1) is 19.4. The van der Waals surface area contributed by atoms with Crippen LogP contribution in [0.2, 0.25) is 0 Å². The fourth-order valence-corrected chi connectivity index (χ4v) is 4.69. The van der Waals surface area contributed by atoms with Crippen LogP contribution in [0.25, 0.3) is 0 Å². The van der Waals surface area contributed by atoms with Crippen molar-refractivity contribution in [3.05, 3.63) is 28.8 Å². The number of hydrogen-bond acceptors (Lipinski definition) is 4. The van der Waals surface area contributed by atoms with Crippen LogP contribution in [-0.2, 0) is 19.6 Å². The number of carboxylic acid groups (broad SMARTS) is 1. The molecule has 1 saturated carbocycles. The van der Waals surface area contributed by atoms with Crippen molar-refractivity contribution in [1.29, 1.82) is 0 Å². The topological polar surface area (TPSA) is 113 Å². The molecule has 1 aliphatic carbocycles. The number of sulfonamides is 1. The molecule has 0 bridgehead atoms. The number of amides is 1. The van der Waals surface area contributed by atoms with Gasteiger partial charge >= 0.3 is 5.97 Å². The van der Waals surface area contributed by atoms with Crippen molar-refractivity contribution in [1.82, 2.24) is 10.0 Å². The Bertz CT molecular complexity index is 774. The van der Waals surface area contributed by atoms with Crippen LogP contribution in [0.5, 0.6) is 0 Å². The molecule has 25 heavy (non-hydrogen) atoms. The van der Waals surface area contributed by atoms with Gasteiger partial charge < -0.3 is 10.4 Å². The minimum absolute atomic E-state index is 0.0867. The quantitative estimate of drug-likeness (QED) is 0.673. The van der Waals surface area contributed by atoms with Gasteiger partial charge in [-0.1, -0.05) is 17.7 Å². The van der Waals surface area contributed by atoms with Gasteiger partial charge in [0, 0.05) is 13.0 Å². The van der Waals surface area contributed by atoms with E-state index in [1.54, 1.807) is 26.0 Å². The molecule has 0 aliphatic heterocycles. The van der Waals surface area contributed by atoms with Crippen LogP contribution in [0.3, 0.4) is 0 Å². The maximum absolute atomic E-state index is 12.5. The molecule has 0 spiro atoms. The molecule has 0 aromatic heterocycles. The summed E-state index contributed by atoms with van der Waals surface area (Å²) in [5.74, 6) is -1.51. The fourth-order valence-electron chi connectivity index (χ4n) is 3.21. The van der Waals surface area contributed by atoms with Crippen LogP contribution in [0.1, 0.15) is 42.4 Å². The van der Waals surface area contributed by atoms with Crippen molar-refractivity contribution in [2.24, 2.45) is 0 Å². The predicted molar refractivity (Wildman–Crippen MR) is 92.8 cm³/mol. The van der Waals surface area contributed by atoms with Crippen molar-refractivity contribution in [2.45, 2.75) is 56.9 Å². The number of hydrogen-bond donors (Lipinski definition) is 3. The Morgan fingerprint density at radius 2 is 1.72 bits per heavy atom. The maximum Gasteiger partial charge on any atom is 0.329 e. The van der Waals surface area contributed by atoms with Gasteiger partial charge in [0.2, 0.25) is 15.9 Å². The summed E-state index contributed by atoms with van der Waals surface area (Å²) < 4.78 is 27.4. The summed E-state index contributed by atoms with van der Waals surface area (Å²) in [5.41, 5.74) is 1.09. The fraction of sp³-hybridized carbons (Fsp3) is 0.529. The number of carbonyl (C=O) groups is 2. The third-order valence-corrected chi connectivity index (χ3v) is 6.28. The summed E-state index contributed by atoms with van der Waals surface area (Å²) in [4.78, 5) is 23.4. The first-order valence-electron chi connectivity index (χ1n) is 8.19. The Morgan fingerprint density at radius 1 is 1.16 bits per heavy atom. The number of carbonyl (C=O) groups excluding carboxylic acids is 1. The van der Waals surface area contributed by atoms with E-state index in [9.17, 15) is 23.1 Å². The van der Waals surface area contributed by atoms with Crippen LogP contribution in [0, 0.1) is 20.8 Å². The third kappa shape index (κ3) is 4.19. The lowest BCUT2D eigenvalue weighted by Gasteiger charge is -2.38. The molecule has 1 fully saturated rings. The molecule has 0 unspecified atom stereocenters. The normalized spacial score (nSPS) is 16.1. The van der Waals surface area contributed by atoms with Gasteiger partial charge in [0.25, 0.3) is 0 Å². The van der Waals surface area contributed by atoms with E-state index < -0.39 is 27.4 Å². The predicted octanol–water partition coefficient (Wildman–Crippen LogP) is 1.40. The van der Waals surface area contributed by atoms with Gasteiger partial charge in [0.15, 0.2) is 0 Å². The smallest absolute Gasteiger partial charge is 0.329 e. The average molecular weight is 368 g/mol. The molecule has 0 atom stereocenters. The lowest BCUT2D eigenvalue weighted by Crippen LogP contribution is -2.59. The van der Waals surface area contributed by atoms with Gasteiger partial charge in [-0.2, -0.15) is 0 Å². The lowest BCUT2D eigenvalue weighted by atomic mass is 9.76. The number of nitrogens with one attached hydrogen (secondary N) is 2. The van der Waals surface area contributed by atoms with Gasteiger partial charge in [-0.25, -0.2) is 17.9 Å². The van der Waals surface area contributed by atoms with Gasteiger partial charge in [0.1, 0.15) is 5.54 Å². The summed E-state index contributed by atoms with van der Waals surface area (Å²) in [5, 5.41) is 11.7. The summed E-state index contributed by atoms with van der Waals surface area (Å²) in [7, 11) is -3.73. The lowest BCUT2D eigenvalue weighted by molar-refractivity contribution is -0.151. The number of rotatable bonds is 7. The highest BCUT2D eigenvalue weighted by molar-refractivity contribution is 7.89. The first-order chi connectivity index (χ1) is 11.6. The highest BCUT2D eigenvalue weighted by Crippen LogP contribution is 2.32. The van der Waals surface area contributed by atoms with E-state index in [-0.39, 0.29) is 17.9 Å². The largest absolute Gasteiger partial charge is 0.480 e. The van der Waals surface area contributed by atoms with Gasteiger partial charge in [0.05, 0.1) is 4.90 Å². The van der Waals surface area contributed by atoms with Crippen molar-refractivity contribution < 1.29 is 23.1 Å². The monoisotopic (exact) mass is 368 g/mol. The minimum atomic E-state index is -3.73. The Hall–Kier alpha value is -1.93. The second-order valence-electron chi connectivity index (χ2n) is 6.66. The minimum Gasteiger partial charge on any atom is -0.480 e. The highest BCUT2D eigenvalue weighted by Gasteiger charge is 2.45. The zero-order valence-electron chi connectivity index (χ0n) is 14.7. The van der Waals surface area contributed by atoms with E-state index in [0.717, 1.165) is 12.0 Å². The zero-order valence-corrected chi connectivity index (χ0v) is 15.5. The average Bonchev–Trinajstić information content (AvgIpc) is 2.40. The third-order valence-electron chi connectivity index (χ3n) is 4.51.